The number of nitrogens with one attached hydrogen (secondary N) is 1. The van der Waals surface area contributed by atoms with Crippen LogP contribution in [0, 0.1) is 12.8 Å². The summed E-state index contributed by atoms with van der Waals surface area (Å²) in [6, 6.07) is 14.4. The van der Waals surface area contributed by atoms with Crippen LogP contribution < -0.4 is 5.32 Å². The lowest BCUT2D eigenvalue weighted by atomic mass is 9.97. The summed E-state index contributed by atoms with van der Waals surface area (Å²) in [7, 11) is -3.60. The van der Waals surface area contributed by atoms with Crippen molar-refractivity contribution in [1.29, 1.82) is 0 Å². The molecule has 0 aliphatic carbocycles. The smallest absolute Gasteiger partial charge is 0.243 e. The Bertz CT molecular complexity index is 944. The average Bonchev–Trinajstić information content (AvgIpc) is 2.68. The summed E-state index contributed by atoms with van der Waals surface area (Å²) in [5, 5.41) is 3.06. The van der Waals surface area contributed by atoms with E-state index in [-0.39, 0.29) is 29.3 Å². The highest BCUT2D eigenvalue weighted by atomic mass is 79.9. The molecular weight excluding hydrogens is 440 g/mol. The van der Waals surface area contributed by atoms with Gasteiger partial charge in [0.1, 0.15) is 0 Å². The lowest BCUT2D eigenvalue weighted by Gasteiger charge is -2.32. The molecule has 1 fully saturated rings. The molecule has 150 valence electrons. The van der Waals surface area contributed by atoms with Crippen LogP contribution in [-0.4, -0.2) is 31.7 Å². The van der Waals surface area contributed by atoms with E-state index in [1.807, 2.05) is 38.1 Å². The number of carbonyl (C=O) groups is 1. The molecule has 0 saturated carbocycles. The molecule has 0 unspecified atom stereocenters. The molecule has 2 aromatic carbocycles. The second-order valence-corrected chi connectivity index (χ2v) is 10.1. The van der Waals surface area contributed by atoms with E-state index in [1.54, 1.807) is 24.3 Å². The van der Waals surface area contributed by atoms with E-state index in [0.29, 0.717) is 19.4 Å². The van der Waals surface area contributed by atoms with Crippen molar-refractivity contribution in [3.63, 3.8) is 0 Å². The van der Waals surface area contributed by atoms with Crippen LogP contribution in [0.3, 0.4) is 0 Å². The minimum atomic E-state index is -3.60. The molecule has 2 atom stereocenters. The molecule has 1 aliphatic heterocycles. The Labute approximate surface area is 175 Å². The maximum Gasteiger partial charge on any atom is 0.243 e. The zero-order valence-corrected chi connectivity index (χ0v) is 18.5. The van der Waals surface area contributed by atoms with Crippen molar-refractivity contribution >= 4 is 31.9 Å². The SMILES string of the molecule is Cc1ccccc1[C@@H](C)NC(=O)[C@@H]1CCCN(S(=O)(=O)c2ccc(Br)cc2)C1. The Balaban J connectivity index is 1.69. The zero-order valence-electron chi connectivity index (χ0n) is 16.1. The fourth-order valence-electron chi connectivity index (χ4n) is 3.61. The van der Waals surface area contributed by atoms with Gasteiger partial charge in [0, 0.05) is 17.6 Å². The third-order valence-corrected chi connectivity index (χ3v) is 7.63. The molecule has 7 heteroatoms. The molecule has 1 saturated heterocycles. The number of sulfonamides is 1. The van der Waals surface area contributed by atoms with Gasteiger partial charge in [-0.25, -0.2) is 8.42 Å². The fraction of sp³-hybridized carbons (Fsp3) is 0.381. The lowest BCUT2D eigenvalue weighted by Crippen LogP contribution is -2.45. The minimum Gasteiger partial charge on any atom is -0.349 e. The number of hydrogen-bond donors (Lipinski definition) is 1. The van der Waals surface area contributed by atoms with Crippen LogP contribution in [0.1, 0.15) is 36.9 Å². The Morgan fingerprint density at radius 3 is 2.54 bits per heavy atom. The van der Waals surface area contributed by atoms with Gasteiger partial charge in [-0.15, -0.1) is 0 Å². The van der Waals surface area contributed by atoms with Crippen LogP contribution in [0.4, 0.5) is 0 Å². The van der Waals surface area contributed by atoms with Crippen molar-refractivity contribution in [1.82, 2.24) is 9.62 Å². The van der Waals surface area contributed by atoms with Gasteiger partial charge in [-0.3, -0.25) is 4.79 Å². The first kappa shape index (κ1) is 21.0. The van der Waals surface area contributed by atoms with Gasteiger partial charge in [-0.1, -0.05) is 40.2 Å². The molecule has 3 rings (SSSR count). The lowest BCUT2D eigenvalue weighted by molar-refractivity contribution is -0.126. The van der Waals surface area contributed by atoms with Crippen LogP contribution in [0.15, 0.2) is 57.9 Å². The summed E-state index contributed by atoms with van der Waals surface area (Å²) < 4.78 is 28.1. The van der Waals surface area contributed by atoms with E-state index in [4.69, 9.17) is 0 Å². The summed E-state index contributed by atoms with van der Waals surface area (Å²) in [4.78, 5) is 13.1. The maximum atomic E-state index is 12.9. The molecule has 2 aromatic rings. The van der Waals surface area contributed by atoms with Crippen molar-refractivity contribution in [3.05, 3.63) is 64.1 Å². The van der Waals surface area contributed by atoms with Gasteiger partial charge in [0.15, 0.2) is 0 Å². The van der Waals surface area contributed by atoms with E-state index in [1.165, 1.54) is 4.31 Å². The first-order chi connectivity index (χ1) is 13.3. The second-order valence-electron chi connectivity index (χ2n) is 7.24. The summed E-state index contributed by atoms with van der Waals surface area (Å²) in [5.41, 5.74) is 2.20. The first-order valence-corrected chi connectivity index (χ1v) is 11.6. The van der Waals surface area contributed by atoms with Crippen molar-refractivity contribution in [3.8, 4) is 0 Å². The highest BCUT2D eigenvalue weighted by Crippen LogP contribution is 2.26. The molecule has 0 bridgehead atoms. The van der Waals surface area contributed by atoms with Gasteiger partial charge < -0.3 is 5.32 Å². The predicted molar refractivity (Wildman–Crippen MR) is 113 cm³/mol. The van der Waals surface area contributed by atoms with Crippen LogP contribution in [0.5, 0.6) is 0 Å². The predicted octanol–water partition coefficient (Wildman–Crippen LogP) is 4.04. The number of amides is 1. The molecule has 0 radical (unpaired) electrons. The van der Waals surface area contributed by atoms with E-state index < -0.39 is 10.0 Å². The largest absolute Gasteiger partial charge is 0.349 e. The summed E-state index contributed by atoms with van der Waals surface area (Å²) in [6.07, 6.45) is 1.37. The van der Waals surface area contributed by atoms with Crippen molar-refractivity contribution < 1.29 is 13.2 Å². The van der Waals surface area contributed by atoms with Gasteiger partial charge in [0.05, 0.1) is 16.9 Å². The normalized spacial score (nSPS) is 19.2. The molecule has 1 aliphatic rings. The van der Waals surface area contributed by atoms with Crippen LogP contribution in [0.25, 0.3) is 0 Å². The Kier molecular flexibility index (Phi) is 6.58. The molecule has 1 N–H and O–H groups in total. The number of halogens is 1. The standard InChI is InChI=1S/C21H25BrN2O3S/c1-15-6-3-4-8-20(15)16(2)23-21(25)17-7-5-13-24(14-17)28(26,27)19-11-9-18(22)10-12-19/h3-4,6,8-12,16-17H,5,7,13-14H2,1-2H3,(H,23,25)/t16-,17-/m1/s1. The van der Waals surface area contributed by atoms with E-state index in [0.717, 1.165) is 15.6 Å². The topological polar surface area (TPSA) is 66.5 Å². The van der Waals surface area contributed by atoms with Gasteiger partial charge in [-0.2, -0.15) is 4.31 Å². The van der Waals surface area contributed by atoms with Gasteiger partial charge in [0.2, 0.25) is 15.9 Å². The van der Waals surface area contributed by atoms with Crippen LogP contribution in [0.2, 0.25) is 0 Å². The third-order valence-electron chi connectivity index (χ3n) is 5.22. The molecule has 5 nitrogen and oxygen atoms in total. The Morgan fingerprint density at radius 1 is 1.18 bits per heavy atom. The van der Waals surface area contributed by atoms with Gasteiger partial charge in [-0.05, 0) is 62.1 Å². The number of rotatable bonds is 5. The molecule has 1 amide bonds. The highest BCUT2D eigenvalue weighted by molar-refractivity contribution is 9.10. The molecule has 0 spiro atoms. The first-order valence-electron chi connectivity index (χ1n) is 9.40. The van der Waals surface area contributed by atoms with Crippen LogP contribution in [-0.2, 0) is 14.8 Å². The summed E-state index contributed by atoms with van der Waals surface area (Å²) in [5.74, 6) is -0.433. The summed E-state index contributed by atoms with van der Waals surface area (Å²) >= 11 is 3.32. The number of piperidine rings is 1. The third kappa shape index (κ3) is 4.64. The fourth-order valence-corrected chi connectivity index (χ4v) is 5.40. The van der Waals surface area contributed by atoms with E-state index >= 15 is 0 Å². The number of nitrogens with zero attached hydrogens (tertiary/aromatic N) is 1. The van der Waals surface area contributed by atoms with Gasteiger partial charge >= 0.3 is 0 Å². The molecule has 0 aromatic heterocycles. The Hall–Kier alpha value is -1.70. The van der Waals surface area contributed by atoms with Crippen molar-refractivity contribution in [2.24, 2.45) is 5.92 Å². The van der Waals surface area contributed by atoms with Gasteiger partial charge in [0.25, 0.3) is 0 Å². The van der Waals surface area contributed by atoms with E-state index in [2.05, 4.69) is 21.2 Å². The monoisotopic (exact) mass is 464 g/mol. The molecule has 1 heterocycles. The minimum absolute atomic E-state index is 0.0912. The maximum absolute atomic E-state index is 12.9. The highest BCUT2D eigenvalue weighted by Gasteiger charge is 2.33. The quantitative estimate of drug-likeness (QED) is 0.725. The van der Waals surface area contributed by atoms with Crippen LogP contribution >= 0.6 is 15.9 Å². The van der Waals surface area contributed by atoms with Crippen molar-refractivity contribution in [2.75, 3.05) is 13.1 Å². The number of carbonyl (C=O) groups excluding carboxylic acids is 1. The number of benzene rings is 2. The zero-order chi connectivity index (χ0) is 20.3. The molecule has 28 heavy (non-hydrogen) atoms. The summed E-state index contributed by atoms with van der Waals surface area (Å²) in [6.45, 7) is 4.63. The number of hydrogen-bond acceptors (Lipinski definition) is 3. The molecular formula is C21H25BrN2O3S. The number of aryl methyl sites for hydroxylation is 1. The van der Waals surface area contributed by atoms with E-state index in [9.17, 15) is 13.2 Å². The second kappa shape index (κ2) is 8.76. The Morgan fingerprint density at radius 2 is 1.86 bits per heavy atom. The van der Waals surface area contributed by atoms with Crippen molar-refractivity contribution in [2.45, 2.75) is 37.6 Å². The average molecular weight is 465 g/mol.